The minimum Gasteiger partial charge on any atom is -0.497 e. The van der Waals surface area contributed by atoms with E-state index in [0.29, 0.717) is 6.61 Å². The Balaban J connectivity index is 1.98. The lowest BCUT2D eigenvalue weighted by atomic mass is 9.86. The van der Waals surface area contributed by atoms with Crippen molar-refractivity contribution in [3.63, 3.8) is 0 Å². The third kappa shape index (κ3) is 4.42. The molecule has 0 radical (unpaired) electrons. The van der Waals surface area contributed by atoms with Crippen molar-refractivity contribution in [2.24, 2.45) is 0 Å². The molecule has 1 N–H and O–H groups in total. The van der Waals surface area contributed by atoms with Crippen molar-refractivity contribution in [2.45, 2.75) is 25.8 Å². The predicted octanol–water partition coefficient (Wildman–Crippen LogP) is 3.44. The second-order valence-corrected chi connectivity index (χ2v) is 7.41. The minimum atomic E-state index is 0.145. The van der Waals surface area contributed by atoms with Crippen LogP contribution >= 0.6 is 0 Å². The van der Waals surface area contributed by atoms with Crippen LogP contribution in [0.2, 0.25) is 0 Å². The second-order valence-electron chi connectivity index (χ2n) is 7.41. The molecule has 0 amide bonds. The highest BCUT2D eigenvalue weighted by Gasteiger charge is 2.25. The summed E-state index contributed by atoms with van der Waals surface area (Å²) in [6.45, 7) is 4.62. The SMILES string of the molecule is CCc1cc(OC)ccc1C1NCCc2cc(OC)c(OCCN(C)C)cc21. The van der Waals surface area contributed by atoms with Gasteiger partial charge in [0.25, 0.3) is 0 Å². The summed E-state index contributed by atoms with van der Waals surface area (Å²) in [5.41, 5.74) is 5.19. The van der Waals surface area contributed by atoms with E-state index in [2.05, 4.69) is 41.4 Å². The zero-order valence-corrected chi connectivity index (χ0v) is 17.7. The van der Waals surface area contributed by atoms with Gasteiger partial charge < -0.3 is 24.4 Å². The van der Waals surface area contributed by atoms with Gasteiger partial charge in [-0.2, -0.15) is 0 Å². The van der Waals surface area contributed by atoms with Crippen LogP contribution in [0.3, 0.4) is 0 Å². The molecule has 0 aromatic heterocycles. The van der Waals surface area contributed by atoms with Crippen LogP contribution in [-0.2, 0) is 12.8 Å². The van der Waals surface area contributed by atoms with Crippen molar-refractivity contribution in [1.29, 1.82) is 0 Å². The summed E-state index contributed by atoms with van der Waals surface area (Å²) >= 11 is 0. The number of hydrogen-bond acceptors (Lipinski definition) is 5. The Morgan fingerprint density at radius 2 is 1.86 bits per heavy atom. The molecule has 0 fully saturated rings. The molecule has 5 heteroatoms. The Morgan fingerprint density at radius 1 is 1.04 bits per heavy atom. The van der Waals surface area contributed by atoms with Gasteiger partial charge in [-0.15, -0.1) is 0 Å². The first-order valence-electron chi connectivity index (χ1n) is 9.95. The number of aryl methyl sites for hydroxylation is 1. The van der Waals surface area contributed by atoms with E-state index in [4.69, 9.17) is 14.2 Å². The number of nitrogens with zero attached hydrogens (tertiary/aromatic N) is 1. The van der Waals surface area contributed by atoms with E-state index in [1.165, 1.54) is 22.3 Å². The Morgan fingerprint density at radius 3 is 2.54 bits per heavy atom. The maximum Gasteiger partial charge on any atom is 0.161 e. The number of fused-ring (bicyclic) bond motifs is 1. The predicted molar refractivity (Wildman–Crippen MR) is 113 cm³/mol. The van der Waals surface area contributed by atoms with Gasteiger partial charge in [0.2, 0.25) is 0 Å². The van der Waals surface area contributed by atoms with E-state index in [1.807, 2.05) is 20.2 Å². The molecule has 0 saturated carbocycles. The van der Waals surface area contributed by atoms with Gasteiger partial charge in [0, 0.05) is 13.1 Å². The van der Waals surface area contributed by atoms with Gasteiger partial charge >= 0.3 is 0 Å². The molecule has 0 bridgehead atoms. The Bertz CT molecular complexity index is 805. The topological polar surface area (TPSA) is 43.0 Å². The zero-order chi connectivity index (χ0) is 20.1. The van der Waals surface area contributed by atoms with E-state index in [0.717, 1.165) is 43.2 Å². The molecule has 0 spiro atoms. The lowest BCUT2D eigenvalue weighted by Gasteiger charge is -2.30. The Hall–Kier alpha value is -2.24. The van der Waals surface area contributed by atoms with E-state index in [9.17, 15) is 0 Å². The molecule has 1 aliphatic heterocycles. The van der Waals surface area contributed by atoms with E-state index < -0.39 is 0 Å². The molecule has 2 aromatic rings. The summed E-state index contributed by atoms with van der Waals surface area (Å²) in [5, 5.41) is 3.70. The maximum atomic E-state index is 6.07. The second kappa shape index (κ2) is 9.30. The van der Waals surface area contributed by atoms with Gasteiger partial charge in [-0.05, 0) is 73.5 Å². The lowest BCUT2D eigenvalue weighted by Crippen LogP contribution is -2.31. The van der Waals surface area contributed by atoms with Gasteiger partial charge in [0.15, 0.2) is 11.5 Å². The van der Waals surface area contributed by atoms with Crippen molar-refractivity contribution in [1.82, 2.24) is 10.2 Å². The number of methoxy groups -OCH3 is 2. The number of nitrogens with one attached hydrogen (secondary N) is 1. The summed E-state index contributed by atoms with van der Waals surface area (Å²) < 4.78 is 17.1. The molecular formula is C23H32N2O3. The Labute approximate surface area is 168 Å². The maximum absolute atomic E-state index is 6.07. The first-order valence-corrected chi connectivity index (χ1v) is 9.95. The van der Waals surface area contributed by atoms with Crippen LogP contribution in [-0.4, -0.2) is 52.9 Å². The highest BCUT2D eigenvalue weighted by atomic mass is 16.5. The van der Waals surface area contributed by atoms with Crippen LogP contribution in [0.25, 0.3) is 0 Å². The molecule has 3 rings (SSSR count). The lowest BCUT2D eigenvalue weighted by molar-refractivity contribution is 0.250. The highest BCUT2D eigenvalue weighted by molar-refractivity contribution is 5.53. The highest BCUT2D eigenvalue weighted by Crippen LogP contribution is 2.39. The average Bonchev–Trinajstić information content (AvgIpc) is 2.72. The summed E-state index contributed by atoms with van der Waals surface area (Å²) in [4.78, 5) is 2.11. The van der Waals surface area contributed by atoms with Gasteiger partial charge in [-0.3, -0.25) is 0 Å². The molecule has 1 unspecified atom stereocenters. The van der Waals surface area contributed by atoms with E-state index in [-0.39, 0.29) is 6.04 Å². The summed E-state index contributed by atoms with van der Waals surface area (Å²) in [6, 6.07) is 10.8. The summed E-state index contributed by atoms with van der Waals surface area (Å²) in [6.07, 6.45) is 1.94. The normalized spacial score (nSPS) is 16.0. The molecule has 1 atom stereocenters. The fourth-order valence-electron chi connectivity index (χ4n) is 3.75. The third-order valence-electron chi connectivity index (χ3n) is 5.32. The van der Waals surface area contributed by atoms with Crippen LogP contribution in [0.15, 0.2) is 30.3 Å². The van der Waals surface area contributed by atoms with Crippen LogP contribution < -0.4 is 19.5 Å². The van der Waals surface area contributed by atoms with Gasteiger partial charge in [-0.1, -0.05) is 13.0 Å². The van der Waals surface area contributed by atoms with Crippen LogP contribution in [0.5, 0.6) is 17.2 Å². The van der Waals surface area contributed by atoms with Gasteiger partial charge in [-0.25, -0.2) is 0 Å². The van der Waals surface area contributed by atoms with Crippen molar-refractivity contribution >= 4 is 0 Å². The van der Waals surface area contributed by atoms with E-state index in [1.54, 1.807) is 14.2 Å². The molecule has 2 aromatic carbocycles. The number of likely N-dealkylation sites (N-methyl/N-ethyl adjacent to an activating group) is 1. The molecule has 1 heterocycles. The monoisotopic (exact) mass is 384 g/mol. The van der Waals surface area contributed by atoms with Crippen molar-refractivity contribution in [3.8, 4) is 17.2 Å². The van der Waals surface area contributed by atoms with Crippen molar-refractivity contribution < 1.29 is 14.2 Å². The molecule has 0 saturated heterocycles. The molecule has 152 valence electrons. The molecule has 0 aliphatic carbocycles. The zero-order valence-electron chi connectivity index (χ0n) is 17.7. The first kappa shape index (κ1) is 20.5. The fraction of sp³-hybridized carbons (Fsp3) is 0.478. The van der Waals surface area contributed by atoms with Gasteiger partial charge in [0.05, 0.1) is 20.3 Å². The molecule has 28 heavy (non-hydrogen) atoms. The van der Waals surface area contributed by atoms with Crippen LogP contribution in [0.1, 0.15) is 35.2 Å². The minimum absolute atomic E-state index is 0.145. The standard InChI is InChI=1S/C23H32N2O3/c1-6-16-13-18(26-4)7-8-19(16)23-20-15-22(28-12-11-25(2)3)21(27-5)14-17(20)9-10-24-23/h7-8,13-15,23-24H,6,9-12H2,1-5H3. The van der Waals surface area contributed by atoms with Crippen molar-refractivity contribution in [2.75, 3.05) is 48.0 Å². The number of benzene rings is 2. The van der Waals surface area contributed by atoms with E-state index >= 15 is 0 Å². The first-order chi connectivity index (χ1) is 13.6. The van der Waals surface area contributed by atoms with Crippen molar-refractivity contribution in [3.05, 3.63) is 52.6 Å². The fourth-order valence-corrected chi connectivity index (χ4v) is 3.75. The Kier molecular flexibility index (Phi) is 6.81. The van der Waals surface area contributed by atoms with Crippen LogP contribution in [0.4, 0.5) is 0 Å². The molecule has 5 nitrogen and oxygen atoms in total. The van der Waals surface area contributed by atoms with Crippen LogP contribution in [0, 0.1) is 0 Å². The number of hydrogen-bond donors (Lipinski definition) is 1. The third-order valence-corrected chi connectivity index (χ3v) is 5.32. The van der Waals surface area contributed by atoms with Gasteiger partial charge in [0.1, 0.15) is 12.4 Å². The molecular weight excluding hydrogens is 352 g/mol. The average molecular weight is 385 g/mol. The number of ether oxygens (including phenoxy) is 3. The summed E-state index contributed by atoms with van der Waals surface area (Å²) in [5.74, 6) is 2.52. The molecule has 1 aliphatic rings. The largest absolute Gasteiger partial charge is 0.497 e. The summed E-state index contributed by atoms with van der Waals surface area (Å²) in [7, 11) is 7.51. The smallest absolute Gasteiger partial charge is 0.161 e. The quantitative estimate of drug-likeness (QED) is 0.755. The number of rotatable bonds is 8.